The van der Waals surface area contributed by atoms with E-state index in [9.17, 15) is 4.79 Å². The van der Waals surface area contributed by atoms with Crippen LogP contribution in [0.5, 0.6) is 5.75 Å². The van der Waals surface area contributed by atoms with E-state index in [1.807, 2.05) is 31.2 Å². The molecule has 0 aromatic heterocycles. The third-order valence-corrected chi connectivity index (χ3v) is 6.62. The second kappa shape index (κ2) is 9.53. The van der Waals surface area contributed by atoms with Gasteiger partial charge in [0.05, 0.1) is 17.7 Å². The molecule has 5 nitrogen and oxygen atoms in total. The number of nitrogens with one attached hydrogen (secondary N) is 1. The molecule has 2 aromatic carbocycles. The third kappa shape index (κ3) is 5.26. The molecule has 4 rings (SSSR count). The Kier molecular flexibility index (Phi) is 6.58. The van der Waals surface area contributed by atoms with Gasteiger partial charge in [0.1, 0.15) is 5.75 Å². The molecule has 1 aliphatic heterocycles. The van der Waals surface area contributed by atoms with Crippen molar-refractivity contribution < 1.29 is 9.53 Å². The molecule has 1 aliphatic carbocycles. The molecule has 1 N–H and O–H groups in total. The molecular formula is C26H31N3O2. The van der Waals surface area contributed by atoms with E-state index in [2.05, 4.69) is 35.5 Å². The van der Waals surface area contributed by atoms with Crippen molar-refractivity contribution in [3.8, 4) is 11.8 Å². The molecule has 0 atom stereocenters. The van der Waals surface area contributed by atoms with Gasteiger partial charge in [0, 0.05) is 24.7 Å². The number of carbonyl (C=O) groups excluding carboxylic acids is 1. The summed E-state index contributed by atoms with van der Waals surface area (Å²) in [5.41, 5.74) is 5.08. The Balaban J connectivity index is 1.29. The van der Waals surface area contributed by atoms with Crippen molar-refractivity contribution in [1.82, 2.24) is 10.2 Å². The minimum atomic E-state index is 0.0347. The second-order valence-electron chi connectivity index (χ2n) is 8.94. The summed E-state index contributed by atoms with van der Waals surface area (Å²) < 4.78 is 6.13. The van der Waals surface area contributed by atoms with Crippen LogP contribution in [0, 0.1) is 18.3 Å². The molecule has 1 amide bonds. The summed E-state index contributed by atoms with van der Waals surface area (Å²) in [6, 6.07) is 14.2. The average Bonchev–Trinajstić information content (AvgIpc) is 2.96. The summed E-state index contributed by atoms with van der Waals surface area (Å²) in [6.45, 7) is 4.05. The number of hydrogen-bond donors (Lipinski definition) is 1. The van der Waals surface area contributed by atoms with Crippen LogP contribution in [-0.2, 0) is 12.8 Å². The van der Waals surface area contributed by atoms with Crippen LogP contribution in [0.1, 0.15) is 58.3 Å². The summed E-state index contributed by atoms with van der Waals surface area (Å²) >= 11 is 0. The number of likely N-dealkylation sites (N-methyl/N-ethyl adjacent to an activating group) is 1. The van der Waals surface area contributed by atoms with Gasteiger partial charge in [0.15, 0.2) is 0 Å². The Morgan fingerprint density at radius 3 is 2.52 bits per heavy atom. The maximum absolute atomic E-state index is 12.8. The number of ether oxygens (including phenoxy) is 1. The first kappa shape index (κ1) is 21.4. The quantitative estimate of drug-likeness (QED) is 0.816. The summed E-state index contributed by atoms with van der Waals surface area (Å²) in [5, 5.41) is 12.3. The molecule has 0 saturated heterocycles. The number of rotatable bonds is 4. The predicted molar refractivity (Wildman–Crippen MR) is 121 cm³/mol. The number of nitrogens with zero attached hydrogens (tertiary/aromatic N) is 2. The van der Waals surface area contributed by atoms with Crippen molar-refractivity contribution >= 4 is 5.91 Å². The highest BCUT2D eigenvalue weighted by Gasteiger charge is 2.24. The highest BCUT2D eigenvalue weighted by molar-refractivity contribution is 5.94. The van der Waals surface area contributed by atoms with Gasteiger partial charge < -0.3 is 15.0 Å². The molecule has 0 spiro atoms. The fourth-order valence-electron chi connectivity index (χ4n) is 4.60. The van der Waals surface area contributed by atoms with Gasteiger partial charge in [0.25, 0.3) is 5.91 Å². The van der Waals surface area contributed by atoms with Gasteiger partial charge in [-0.15, -0.1) is 0 Å². The largest absolute Gasteiger partial charge is 0.490 e. The van der Waals surface area contributed by atoms with Crippen molar-refractivity contribution in [3.05, 3.63) is 64.2 Å². The van der Waals surface area contributed by atoms with Gasteiger partial charge >= 0.3 is 0 Å². The van der Waals surface area contributed by atoms with E-state index in [4.69, 9.17) is 10.00 Å². The summed E-state index contributed by atoms with van der Waals surface area (Å²) in [7, 11) is 2.15. The van der Waals surface area contributed by atoms with E-state index < -0.39 is 0 Å². The molecule has 2 aromatic rings. The summed E-state index contributed by atoms with van der Waals surface area (Å²) in [4.78, 5) is 15.2. The first-order chi connectivity index (χ1) is 15.0. The maximum atomic E-state index is 12.8. The van der Waals surface area contributed by atoms with Crippen LogP contribution in [0.25, 0.3) is 0 Å². The monoisotopic (exact) mass is 417 g/mol. The van der Waals surface area contributed by atoms with E-state index in [0.717, 1.165) is 68.5 Å². The molecule has 162 valence electrons. The second-order valence-corrected chi connectivity index (χ2v) is 8.94. The number of aryl methyl sites for hydroxylation is 1. The number of benzene rings is 2. The molecule has 0 radical (unpaired) electrons. The Labute approximate surface area is 185 Å². The first-order valence-electron chi connectivity index (χ1n) is 11.3. The Morgan fingerprint density at radius 1 is 1.06 bits per heavy atom. The predicted octanol–water partition coefficient (Wildman–Crippen LogP) is 4.02. The zero-order chi connectivity index (χ0) is 21.8. The minimum absolute atomic E-state index is 0.0347. The van der Waals surface area contributed by atoms with E-state index in [0.29, 0.717) is 5.56 Å². The van der Waals surface area contributed by atoms with E-state index >= 15 is 0 Å². The van der Waals surface area contributed by atoms with Crippen LogP contribution in [0.3, 0.4) is 0 Å². The standard InChI is InChI=1S/C26H31N3O2/c1-18-15-25(8-5-22(18)17-27)31-24-9-6-23(7-10-24)28-26(30)21-4-3-19-11-13-29(2)14-12-20(19)16-21/h3-5,8,15-16,23-24H,6-7,9-14H2,1-2H3,(H,28,30)/t23-,24-. The zero-order valence-corrected chi connectivity index (χ0v) is 18.5. The van der Waals surface area contributed by atoms with Crippen LogP contribution in [0.4, 0.5) is 0 Å². The van der Waals surface area contributed by atoms with Crippen molar-refractivity contribution in [3.63, 3.8) is 0 Å². The normalized spacial score (nSPS) is 21.5. The van der Waals surface area contributed by atoms with Crippen molar-refractivity contribution in [2.24, 2.45) is 0 Å². The van der Waals surface area contributed by atoms with Gasteiger partial charge in [0.2, 0.25) is 0 Å². The Hall–Kier alpha value is -2.84. The first-order valence-corrected chi connectivity index (χ1v) is 11.3. The van der Waals surface area contributed by atoms with Gasteiger partial charge in [-0.25, -0.2) is 0 Å². The minimum Gasteiger partial charge on any atom is -0.490 e. The van der Waals surface area contributed by atoms with E-state index in [-0.39, 0.29) is 18.1 Å². The van der Waals surface area contributed by atoms with Gasteiger partial charge in [-0.05, 0) is 99.5 Å². The lowest BCUT2D eigenvalue weighted by Crippen LogP contribution is -2.39. The highest BCUT2D eigenvalue weighted by Crippen LogP contribution is 2.26. The van der Waals surface area contributed by atoms with Crippen molar-refractivity contribution in [2.45, 2.75) is 57.6 Å². The zero-order valence-electron chi connectivity index (χ0n) is 18.5. The highest BCUT2D eigenvalue weighted by atomic mass is 16.5. The lowest BCUT2D eigenvalue weighted by molar-refractivity contribution is 0.0893. The third-order valence-electron chi connectivity index (χ3n) is 6.62. The van der Waals surface area contributed by atoms with Crippen LogP contribution in [0.15, 0.2) is 36.4 Å². The lowest BCUT2D eigenvalue weighted by atomic mass is 9.92. The number of carbonyl (C=O) groups is 1. The Morgan fingerprint density at radius 2 is 1.81 bits per heavy atom. The number of hydrogen-bond acceptors (Lipinski definition) is 4. The summed E-state index contributed by atoms with van der Waals surface area (Å²) in [6.07, 6.45) is 5.88. The Bertz CT molecular complexity index is 987. The molecule has 0 bridgehead atoms. The molecule has 2 aliphatic rings. The van der Waals surface area contributed by atoms with E-state index in [1.54, 1.807) is 0 Å². The number of amides is 1. The topological polar surface area (TPSA) is 65.4 Å². The summed E-state index contributed by atoms with van der Waals surface area (Å²) in [5.74, 6) is 0.854. The molecule has 1 heterocycles. The maximum Gasteiger partial charge on any atom is 0.251 e. The lowest BCUT2D eigenvalue weighted by Gasteiger charge is -2.29. The average molecular weight is 418 g/mol. The van der Waals surface area contributed by atoms with Crippen LogP contribution in [0.2, 0.25) is 0 Å². The molecule has 0 unspecified atom stereocenters. The number of nitriles is 1. The smallest absolute Gasteiger partial charge is 0.251 e. The van der Waals surface area contributed by atoms with E-state index in [1.165, 1.54) is 11.1 Å². The van der Waals surface area contributed by atoms with Crippen LogP contribution >= 0.6 is 0 Å². The number of fused-ring (bicyclic) bond motifs is 1. The fraction of sp³-hybridized carbons (Fsp3) is 0.462. The van der Waals surface area contributed by atoms with Crippen LogP contribution in [-0.4, -0.2) is 43.1 Å². The van der Waals surface area contributed by atoms with Gasteiger partial charge in [-0.1, -0.05) is 6.07 Å². The SMILES string of the molecule is Cc1cc(O[C@H]2CC[C@H](NC(=O)c3ccc4c(c3)CCN(C)CC4)CC2)ccc1C#N. The van der Waals surface area contributed by atoms with Gasteiger partial charge in [-0.2, -0.15) is 5.26 Å². The molecule has 5 heteroatoms. The van der Waals surface area contributed by atoms with Gasteiger partial charge in [-0.3, -0.25) is 4.79 Å². The molecule has 1 saturated carbocycles. The molecular weight excluding hydrogens is 386 g/mol. The molecule has 31 heavy (non-hydrogen) atoms. The molecule has 1 fully saturated rings. The fourth-order valence-corrected chi connectivity index (χ4v) is 4.60. The van der Waals surface area contributed by atoms with Crippen molar-refractivity contribution in [2.75, 3.05) is 20.1 Å². The van der Waals surface area contributed by atoms with Crippen LogP contribution < -0.4 is 10.1 Å². The van der Waals surface area contributed by atoms with Crippen molar-refractivity contribution in [1.29, 1.82) is 5.26 Å².